The molecule has 8 aromatic rings. The number of allylic oxidation sites excluding steroid dienone is 8. The van der Waals surface area contributed by atoms with E-state index in [0.717, 1.165) is 81.7 Å². The fraction of sp³-hybridized carbons (Fsp3) is 0.113. The highest BCUT2D eigenvalue weighted by molar-refractivity contribution is 6.13. The van der Waals surface area contributed by atoms with E-state index in [1.807, 2.05) is 12.1 Å². The van der Waals surface area contributed by atoms with Gasteiger partial charge in [0.1, 0.15) is 22.6 Å². The van der Waals surface area contributed by atoms with E-state index in [1.54, 1.807) is 0 Å². The smallest absolute Gasteiger partial charge is 0.226 e. The largest absolute Gasteiger partial charge is 0.456 e. The van der Waals surface area contributed by atoms with Crippen molar-refractivity contribution < 1.29 is 8.83 Å². The Hall–Kier alpha value is -6.91. The van der Waals surface area contributed by atoms with Crippen LogP contribution in [0.2, 0.25) is 0 Å². The molecular formula is C53H40N2O2. The summed E-state index contributed by atoms with van der Waals surface area (Å²) >= 11 is 0. The topological polar surface area (TPSA) is 42.4 Å². The Morgan fingerprint density at radius 1 is 0.579 bits per heavy atom. The molecule has 0 radical (unpaired) electrons. The number of hydrogen-bond acceptors (Lipinski definition) is 4. The Bertz CT molecular complexity index is 2920. The minimum Gasteiger partial charge on any atom is -0.456 e. The van der Waals surface area contributed by atoms with Gasteiger partial charge in [-0.3, -0.25) is 0 Å². The lowest BCUT2D eigenvalue weighted by Crippen LogP contribution is -2.23. The summed E-state index contributed by atoms with van der Waals surface area (Å²) in [6.07, 6.45) is 17.3. The van der Waals surface area contributed by atoms with Crippen LogP contribution in [0.4, 0.5) is 17.1 Å². The first-order chi connectivity index (χ1) is 28.2. The van der Waals surface area contributed by atoms with Crippen molar-refractivity contribution in [1.29, 1.82) is 0 Å². The maximum Gasteiger partial charge on any atom is 0.226 e. The van der Waals surface area contributed by atoms with E-state index in [0.29, 0.717) is 11.8 Å². The van der Waals surface area contributed by atoms with Gasteiger partial charge in [0, 0.05) is 28.7 Å². The lowest BCUT2D eigenvalue weighted by atomic mass is 9.70. The fourth-order valence-electron chi connectivity index (χ4n) is 9.20. The monoisotopic (exact) mass is 736 g/mol. The summed E-state index contributed by atoms with van der Waals surface area (Å²) in [5, 5.41) is 2.22. The van der Waals surface area contributed by atoms with Gasteiger partial charge >= 0.3 is 0 Å². The normalized spacial score (nSPS) is 17.3. The highest BCUT2D eigenvalue weighted by Gasteiger charge is 2.37. The van der Waals surface area contributed by atoms with E-state index < -0.39 is 0 Å². The van der Waals surface area contributed by atoms with E-state index in [2.05, 4.69) is 175 Å². The van der Waals surface area contributed by atoms with Crippen LogP contribution in [0.25, 0.3) is 55.7 Å². The van der Waals surface area contributed by atoms with Crippen LogP contribution in [0.5, 0.6) is 0 Å². The van der Waals surface area contributed by atoms with Gasteiger partial charge in [-0.1, -0.05) is 127 Å². The SMILES string of the molecule is C1=CCCC(c2cccc(N(c3cccc(C4Cc5oc(-c6ccc(-c7ccccc7)cc6)nc5C5=CC=CCC54)c3)c3cccc4oc5ccccc5c34)c2)=C1. The van der Waals surface area contributed by atoms with E-state index in [1.165, 1.54) is 33.4 Å². The molecule has 274 valence electrons. The first-order valence-corrected chi connectivity index (χ1v) is 20.0. The molecule has 0 amide bonds. The molecule has 0 N–H and O–H groups in total. The number of fused-ring (bicyclic) bond motifs is 6. The van der Waals surface area contributed by atoms with Crippen molar-refractivity contribution in [1.82, 2.24) is 4.98 Å². The maximum atomic E-state index is 6.70. The molecule has 0 spiro atoms. The van der Waals surface area contributed by atoms with Crippen LogP contribution >= 0.6 is 0 Å². The average Bonchev–Trinajstić information content (AvgIpc) is 3.90. The van der Waals surface area contributed by atoms with Crippen molar-refractivity contribution in [3.05, 3.63) is 205 Å². The molecule has 0 fully saturated rings. The summed E-state index contributed by atoms with van der Waals surface area (Å²) in [5.41, 5.74) is 14.6. The van der Waals surface area contributed by atoms with Crippen molar-refractivity contribution in [3.8, 4) is 22.6 Å². The number of aromatic nitrogens is 1. The molecule has 4 heteroatoms. The van der Waals surface area contributed by atoms with Gasteiger partial charge in [0.2, 0.25) is 5.89 Å². The third kappa shape index (κ3) is 5.96. The summed E-state index contributed by atoms with van der Waals surface area (Å²) in [6, 6.07) is 52.0. The van der Waals surface area contributed by atoms with Crippen LogP contribution < -0.4 is 4.90 Å². The molecule has 0 bridgehead atoms. The Kier molecular flexibility index (Phi) is 8.20. The Balaban J connectivity index is 1.01. The van der Waals surface area contributed by atoms with Gasteiger partial charge in [0.25, 0.3) is 0 Å². The van der Waals surface area contributed by atoms with Crippen LogP contribution in [0.3, 0.4) is 0 Å². The highest BCUT2D eigenvalue weighted by Crippen LogP contribution is 2.50. The second-order valence-electron chi connectivity index (χ2n) is 15.3. The minimum absolute atomic E-state index is 0.216. The lowest BCUT2D eigenvalue weighted by molar-refractivity contribution is 0.433. The molecule has 2 heterocycles. The number of furan rings is 1. The fourth-order valence-corrected chi connectivity index (χ4v) is 9.20. The summed E-state index contributed by atoms with van der Waals surface area (Å²) in [7, 11) is 0. The lowest BCUT2D eigenvalue weighted by Gasteiger charge is -2.34. The quantitative estimate of drug-likeness (QED) is 0.163. The number of para-hydroxylation sites is 1. The zero-order valence-electron chi connectivity index (χ0n) is 31.5. The number of hydrogen-bond donors (Lipinski definition) is 0. The summed E-state index contributed by atoms with van der Waals surface area (Å²) in [6.45, 7) is 0. The van der Waals surface area contributed by atoms with Crippen molar-refractivity contribution in [3.63, 3.8) is 0 Å². The van der Waals surface area contributed by atoms with Crippen molar-refractivity contribution in [2.75, 3.05) is 4.90 Å². The first-order valence-electron chi connectivity index (χ1n) is 20.0. The van der Waals surface area contributed by atoms with Gasteiger partial charge in [0.05, 0.1) is 11.1 Å². The maximum absolute atomic E-state index is 6.70. The standard InChI is InChI=1S/C53H40N2O2/c1-3-14-35(15-4-1)37-28-30-38(31-29-37)53-54-52-44-23-8-7-22-43(44)46(34-50(52)57-53)40-19-12-21-42(33-40)55(41-20-11-18-39(32-41)36-16-5-2-6-17-36)47-25-13-27-49-51(47)45-24-9-10-26-48(45)56-49/h1-5,7-16,18-21,23-33,43,46H,6,17,22,34H2. The molecule has 3 aliphatic rings. The molecule has 57 heavy (non-hydrogen) atoms. The third-order valence-corrected chi connectivity index (χ3v) is 12.0. The molecule has 2 unspecified atom stereocenters. The van der Waals surface area contributed by atoms with E-state index >= 15 is 0 Å². The van der Waals surface area contributed by atoms with Gasteiger partial charge in [-0.05, 0) is 119 Å². The zero-order valence-corrected chi connectivity index (χ0v) is 31.5. The van der Waals surface area contributed by atoms with Gasteiger partial charge in [-0.15, -0.1) is 0 Å². The number of rotatable bonds is 7. The summed E-state index contributed by atoms with van der Waals surface area (Å²) < 4.78 is 13.1. The molecule has 2 aromatic heterocycles. The van der Waals surface area contributed by atoms with Crippen LogP contribution in [0, 0.1) is 5.92 Å². The molecule has 0 saturated heterocycles. The van der Waals surface area contributed by atoms with Crippen LogP contribution in [0.15, 0.2) is 191 Å². The molecule has 6 aromatic carbocycles. The Morgan fingerprint density at radius 3 is 2.19 bits per heavy atom. The average molecular weight is 737 g/mol. The second kappa shape index (κ2) is 14.0. The van der Waals surface area contributed by atoms with Gasteiger partial charge in [-0.25, -0.2) is 4.98 Å². The number of benzene rings is 6. The summed E-state index contributed by atoms with van der Waals surface area (Å²) in [4.78, 5) is 7.59. The molecule has 3 aliphatic carbocycles. The number of anilines is 3. The Morgan fingerprint density at radius 2 is 1.32 bits per heavy atom. The van der Waals surface area contributed by atoms with E-state index in [-0.39, 0.29) is 5.92 Å². The zero-order chi connectivity index (χ0) is 37.7. The van der Waals surface area contributed by atoms with Crippen LogP contribution in [-0.4, -0.2) is 4.98 Å². The van der Waals surface area contributed by atoms with E-state index in [9.17, 15) is 0 Å². The van der Waals surface area contributed by atoms with Gasteiger partial charge in [0.15, 0.2) is 0 Å². The molecule has 2 atom stereocenters. The molecule has 11 rings (SSSR count). The van der Waals surface area contributed by atoms with E-state index in [4.69, 9.17) is 13.8 Å². The van der Waals surface area contributed by atoms with Crippen LogP contribution in [0.1, 0.15) is 47.8 Å². The molecular weight excluding hydrogens is 697 g/mol. The predicted molar refractivity (Wildman–Crippen MR) is 234 cm³/mol. The summed E-state index contributed by atoms with van der Waals surface area (Å²) in [5.74, 6) is 2.14. The highest BCUT2D eigenvalue weighted by atomic mass is 16.4. The Labute approximate surface area is 332 Å². The van der Waals surface area contributed by atoms with Crippen molar-refractivity contribution >= 4 is 50.1 Å². The third-order valence-electron chi connectivity index (χ3n) is 12.0. The predicted octanol–water partition coefficient (Wildman–Crippen LogP) is 14.4. The van der Waals surface area contributed by atoms with Gasteiger partial charge in [-0.2, -0.15) is 0 Å². The van der Waals surface area contributed by atoms with Crippen molar-refractivity contribution in [2.24, 2.45) is 5.92 Å². The molecule has 0 saturated carbocycles. The second-order valence-corrected chi connectivity index (χ2v) is 15.3. The van der Waals surface area contributed by atoms with Gasteiger partial charge < -0.3 is 13.7 Å². The van der Waals surface area contributed by atoms with Crippen molar-refractivity contribution in [2.45, 2.75) is 31.6 Å². The molecule has 4 nitrogen and oxygen atoms in total. The van der Waals surface area contributed by atoms with Crippen LogP contribution in [-0.2, 0) is 6.42 Å². The molecule has 0 aliphatic heterocycles. The minimum atomic E-state index is 0.216. The number of oxazole rings is 1. The number of nitrogens with zero attached hydrogens (tertiary/aromatic N) is 2. The first kappa shape index (κ1) is 33.4.